The van der Waals surface area contributed by atoms with Crippen molar-refractivity contribution in [1.29, 1.82) is 0 Å². The molecular weight excluding hydrogens is 293 g/mol. The SMILES string of the molecule is CN(CC1(CO)COC1)C(c1ccccc1)c1ccc(F)cc1. The molecule has 0 aliphatic carbocycles. The molecule has 1 unspecified atom stereocenters. The second-order valence-electron chi connectivity index (χ2n) is 6.43. The Labute approximate surface area is 136 Å². The van der Waals surface area contributed by atoms with E-state index >= 15 is 0 Å². The molecular formula is C19H22FNO2. The van der Waals surface area contributed by atoms with Crippen LogP contribution in [0.4, 0.5) is 4.39 Å². The van der Waals surface area contributed by atoms with Crippen LogP contribution in [-0.2, 0) is 4.74 Å². The second kappa shape index (κ2) is 6.79. The molecule has 0 aromatic heterocycles. The van der Waals surface area contributed by atoms with Gasteiger partial charge in [0, 0.05) is 6.54 Å². The number of rotatable bonds is 6. The average Bonchev–Trinajstić information content (AvgIpc) is 2.54. The Morgan fingerprint density at radius 3 is 2.22 bits per heavy atom. The van der Waals surface area contributed by atoms with Crippen molar-refractivity contribution in [2.24, 2.45) is 5.41 Å². The standard InChI is InChI=1S/C19H22FNO2/c1-21(11-19(12-22)13-23-14-19)18(15-5-3-2-4-6-15)16-7-9-17(20)10-8-16/h2-10,18,22H,11-14H2,1H3. The first-order chi connectivity index (χ1) is 11.1. The molecule has 1 N–H and O–H groups in total. The van der Waals surface area contributed by atoms with Crippen LogP contribution in [0.15, 0.2) is 54.6 Å². The maximum absolute atomic E-state index is 13.3. The zero-order valence-corrected chi connectivity index (χ0v) is 13.3. The van der Waals surface area contributed by atoms with Crippen molar-refractivity contribution >= 4 is 0 Å². The molecule has 0 spiro atoms. The van der Waals surface area contributed by atoms with Crippen LogP contribution in [-0.4, -0.2) is 43.4 Å². The molecule has 0 bridgehead atoms. The largest absolute Gasteiger partial charge is 0.396 e. The zero-order chi connectivity index (χ0) is 16.3. The van der Waals surface area contributed by atoms with Gasteiger partial charge in [-0.15, -0.1) is 0 Å². The number of hydrogen-bond acceptors (Lipinski definition) is 3. The number of halogens is 1. The third kappa shape index (κ3) is 3.44. The van der Waals surface area contributed by atoms with Gasteiger partial charge in [0.05, 0.1) is 31.3 Å². The molecule has 2 aromatic rings. The summed E-state index contributed by atoms with van der Waals surface area (Å²) in [4.78, 5) is 2.21. The fourth-order valence-corrected chi connectivity index (χ4v) is 3.23. The minimum atomic E-state index is -0.234. The number of ether oxygens (including phenoxy) is 1. The van der Waals surface area contributed by atoms with Gasteiger partial charge in [-0.25, -0.2) is 4.39 Å². The normalized spacial score (nSPS) is 17.7. The number of hydrogen-bond donors (Lipinski definition) is 1. The summed E-state index contributed by atoms with van der Waals surface area (Å²) in [7, 11) is 2.04. The molecule has 0 radical (unpaired) electrons. The summed E-state index contributed by atoms with van der Waals surface area (Å²) in [6.45, 7) is 2.00. The van der Waals surface area contributed by atoms with Gasteiger partial charge in [0.15, 0.2) is 0 Å². The Hall–Kier alpha value is -1.75. The highest BCUT2D eigenvalue weighted by Gasteiger charge is 2.40. The molecule has 0 saturated carbocycles. The predicted octanol–water partition coefficient (Wildman–Crippen LogP) is 2.86. The molecule has 1 aliphatic heterocycles. The molecule has 1 saturated heterocycles. The number of aliphatic hydroxyl groups excluding tert-OH is 1. The van der Waals surface area contributed by atoms with Crippen molar-refractivity contribution in [3.63, 3.8) is 0 Å². The molecule has 2 aromatic carbocycles. The van der Waals surface area contributed by atoms with Gasteiger partial charge in [-0.2, -0.15) is 0 Å². The molecule has 1 fully saturated rings. The Morgan fingerprint density at radius 2 is 1.70 bits per heavy atom. The van der Waals surface area contributed by atoms with Gasteiger partial charge >= 0.3 is 0 Å². The molecule has 1 atom stereocenters. The summed E-state index contributed by atoms with van der Waals surface area (Å²) in [6.07, 6.45) is 0. The number of aliphatic hydroxyl groups is 1. The fraction of sp³-hybridized carbons (Fsp3) is 0.368. The van der Waals surface area contributed by atoms with Crippen molar-refractivity contribution in [2.75, 3.05) is 33.4 Å². The van der Waals surface area contributed by atoms with Crippen molar-refractivity contribution in [3.05, 3.63) is 71.5 Å². The minimum Gasteiger partial charge on any atom is -0.396 e. The average molecular weight is 315 g/mol. The number of benzene rings is 2. The molecule has 0 amide bonds. The Kier molecular flexibility index (Phi) is 4.76. The van der Waals surface area contributed by atoms with Gasteiger partial charge in [0.1, 0.15) is 5.82 Å². The van der Waals surface area contributed by atoms with Crippen molar-refractivity contribution in [1.82, 2.24) is 4.90 Å². The zero-order valence-electron chi connectivity index (χ0n) is 13.3. The third-order valence-corrected chi connectivity index (χ3v) is 4.48. The number of nitrogens with zero attached hydrogens (tertiary/aromatic N) is 1. The summed E-state index contributed by atoms with van der Waals surface area (Å²) >= 11 is 0. The Morgan fingerprint density at radius 1 is 1.09 bits per heavy atom. The van der Waals surface area contributed by atoms with Gasteiger partial charge in [-0.3, -0.25) is 4.90 Å². The Bertz CT molecular complexity index is 620. The fourth-order valence-electron chi connectivity index (χ4n) is 3.23. The van der Waals surface area contributed by atoms with E-state index in [1.165, 1.54) is 12.1 Å². The van der Waals surface area contributed by atoms with E-state index in [1.54, 1.807) is 0 Å². The van der Waals surface area contributed by atoms with E-state index in [-0.39, 0.29) is 23.9 Å². The summed E-state index contributed by atoms with van der Waals surface area (Å²) < 4.78 is 18.6. The quantitative estimate of drug-likeness (QED) is 0.890. The lowest BCUT2D eigenvalue weighted by Crippen LogP contribution is -2.53. The van der Waals surface area contributed by atoms with E-state index in [2.05, 4.69) is 17.0 Å². The molecule has 3 rings (SSSR count). The molecule has 122 valence electrons. The van der Waals surface area contributed by atoms with Crippen LogP contribution in [0.5, 0.6) is 0 Å². The van der Waals surface area contributed by atoms with Crippen molar-refractivity contribution < 1.29 is 14.2 Å². The highest BCUT2D eigenvalue weighted by Crippen LogP contribution is 2.34. The lowest BCUT2D eigenvalue weighted by Gasteiger charge is -2.44. The maximum Gasteiger partial charge on any atom is 0.123 e. The van der Waals surface area contributed by atoms with Gasteiger partial charge in [0.2, 0.25) is 0 Å². The van der Waals surface area contributed by atoms with E-state index in [0.29, 0.717) is 13.2 Å². The predicted molar refractivity (Wildman–Crippen MR) is 87.7 cm³/mol. The highest BCUT2D eigenvalue weighted by molar-refractivity contribution is 5.32. The van der Waals surface area contributed by atoms with Crippen LogP contribution in [0.2, 0.25) is 0 Å². The molecule has 1 aliphatic rings. The van der Waals surface area contributed by atoms with E-state index < -0.39 is 0 Å². The van der Waals surface area contributed by atoms with Gasteiger partial charge in [0.25, 0.3) is 0 Å². The van der Waals surface area contributed by atoms with Crippen molar-refractivity contribution in [3.8, 4) is 0 Å². The lowest BCUT2D eigenvalue weighted by atomic mass is 9.85. The van der Waals surface area contributed by atoms with Gasteiger partial charge < -0.3 is 9.84 Å². The summed E-state index contributed by atoms with van der Waals surface area (Å²) in [5.74, 6) is -0.234. The van der Waals surface area contributed by atoms with Crippen LogP contribution >= 0.6 is 0 Å². The van der Waals surface area contributed by atoms with Gasteiger partial charge in [-0.05, 0) is 30.3 Å². The third-order valence-electron chi connectivity index (χ3n) is 4.48. The van der Waals surface area contributed by atoms with Gasteiger partial charge in [-0.1, -0.05) is 42.5 Å². The summed E-state index contributed by atoms with van der Waals surface area (Å²) in [5.41, 5.74) is 1.99. The minimum absolute atomic E-state index is 0.0147. The van der Waals surface area contributed by atoms with Crippen molar-refractivity contribution in [2.45, 2.75) is 6.04 Å². The molecule has 4 heteroatoms. The smallest absolute Gasteiger partial charge is 0.123 e. The van der Waals surface area contributed by atoms with E-state index in [0.717, 1.165) is 17.7 Å². The second-order valence-corrected chi connectivity index (χ2v) is 6.43. The molecule has 23 heavy (non-hydrogen) atoms. The first-order valence-electron chi connectivity index (χ1n) is 7.83. The summed E-state index contributed by atoms with van der Waals surface area (Å²) in [6, 6.07) is 16.8. The monoisotopic (exact) mass is 315 g/mol. The lowest BCUT2D eigenvalue weighted by molar-refractivity contribution is -0.148. The van der Waals surface area contributed by atoms with E-state index in [4.69, 9.17) is 4.74 Å². The molecule has 3 nitrogen and oxygen atoms in total. The van der Waals surface area contributed by atoms with Crippen LogP contribution in [0, 0.1) is 11.2 Å². The first-order valence-corrected chi connectivity index (χ1v) is 7.83. The van der Waals surface area contributed by atoms with Crippen LogP contribution in [0.3, 0.4) is 0 Å². The maximum atomic E-state index is 13.3. The van der Waals surface area contributed by atoms with Crippen LogP contribution < -0.4 is 0 Å². The highest BCUT2D eigenvalue weighted by atomic mass is 19.1. The topological polar surface area (TPSA) is 32.7 Å². The molecule has 1 heterocycles. The van der Waals surface area contributed by atoms with Crippen LogP contribution in [0.1, 0.15) is 17.2 Å². The van der Waals surface area contributed by atoms with E-state index in [1.807, 2.05) is 37.4 Å². The Balaban J connectivity index is 1.90. The summed E-state index contributed by atoms with van der Waals surface area (Å²) in [5, 5.41) is 9.69. The first kappa shape index (κ1) is 16.1. The van der Waals surface area contributed by atoms with E-state index in [9.17, 15) is 9.50 Å². The van der Waals surface area contributed by atoms with Crippen LogP contribution in [0.25, 0.3) is 0 Å².